The van der Waals surface area contributed by atoms with Gasteiger partial charge in [-0.05, 0) is 42.0 Å². The molecule has 1 amide bonds. The van der Waals surface area contributed by atoms with E-state index in [2.05, 4.69) is 15.9 Å². The average molecular weight is 367 g/mol. The summed E-state index contributed by atoms with van der Waals surface area (Å²) < 4.78 is 0.942. The normalized spacial score (nSPS) is 21.9. The highest BCUT2D eigenvalue weighted by atomic mass is 79.9. The fraction of sp³-hybridized carbons (Fsp3) is 0.188. The summed E-state index contributed by atoms with van der Waals surface area (Å²) in [7, 11) is 0. The third kappa shape index (κ3) is 2.84. The van der Waals surface area contributed by atoms with Gasteiger partial charge in [0.15, 0.2) is 0 Å². The molecule has 0 aromatic heterocycles. The molecule has 2 aromatic rings. The fourth-order valence-electron chi connectivity index (χ4n) is 2.64. The van der Waals surface area contributed by atoms with E-state index < -0.39 is 6.10 Å². The molecule has 1 N–H and O–H groups in total. The highest BCUT2D eigenvalue weighted by molar-refractivity contribution is 9.10. The van der Waals surface area contributed by atoms with Crippen molar-refractivity contribution in [1.29, 1.82) is 0 Å². The SMILES string of the molecule is O=C1[C@@H](O)C[C@@H](c2cccc(Cl)c2)N1c1ccc(Br)cc1. The minimum absolute atomic E-state index is 0.202. The number of hydrogen-bond acceptors (Lipinski definition) is 2. The fourth-order valence-corrected chi connectivity index (χ4v) is 3.10. The van der Waals surface area contributed by atoms with Gasteiger partial charge < -0.3 is 10.0 Å². The Bertz CT molecular complexity index is 674. The molecule has 1 aliphatic heterocycles. The van der Waals surface area contributed by atoms with Gasteiger partial charge in [0, 0.05) is 21.6 Å². The molecular weight excluding hydrogens is 354 g/mol. The van der Waals surface area contributed by atoms with Crippen LogP contribution >= 0.6 is 27.5 Å². The van der Waals surface area contributed by atoms with E-state index in [1.54, 1.807) is 11.0 Å². The number of halogens is 2. The summed E-state index contributed by atoms with van der Waals surface area (Å²) >= 11 is 9.42. The number of amides is 1. The van der Waals surface area contributed by atoms with Crippen LogP contribution in [0.15, 0.2) is 53.0 Å². The first kappa shape index (κ1) is 14.6. The van der Waals surface area contributed by atoms with Gasteiger partial charge in [-0.3, -0.25) is 4.79 Å². The number of hydrogen-bond donors (Lipinski definition) is 1. The standard InChI is InChI=1S/C16H13BrClNO2/c17-11-4-6-13(7-5-11)19-14(9-15(20)16(19)21)10-2-1-3-12(18)8-10/h1-8,14-15,20H,9H2/t14-,15-/m0/s1. The molecule has 1 saturated heterocycles. The third-order valence-electron chi connectivity index (χ3n) is 3.62. The van der Waals surface area contributed by atoms with Gasteiger partial charge in [-0.25, -0.2) is 0 Å². The molecule has 1 fully saturated rings. The van der Waals surface area contributed by atoms with Crippen molar-refractivity contribution >= 4 is 39.1 Å². The topological polar surface area (TPSA) is 40.5 Å². The van der Waals surface area contributed by atoms with E-state index in [4.69, 9.17) is 11.6 Å². The molecule has 0 spiro atoms. The Morgan fingerprint density at radius 1 is 1.19 bits per heavy atom. The van der Waals surface area contributed by atoms with E-state index in [1.807, 2.05) is 42.5 Å². The van der Waals surface area contributed by atoms with Gasteiger partial charge in [-0.15, -0.1) is 0 Å². The van der Waals surface area contributed by atoms with Crippen molar-refractivity contribution in [2.75, 3.05) is 4.90 Å². The van der Waals surface area contributed by atoms with Crippen molar-refractivity contribution in [2.45, 2.75) is 18.6 Å². The average Bonchev–Trinajstić information content (AvgIpc) is 2.76. The van der Waals surface area contributed by atoms with E-state index in [1.165, 1.54) is 0 Å². The summed E-state index contributed by atoms with van der Waals surface area (Å²) in [6.07, 6.45) is -0.604. The maximum absolute atomic E-state index is 12.3. The number of nitrogens with zero attached hydrogens (tertiary/aromatic N) is 1. The second-order valence-electron chi connectivity index (χ2n) is 5.01. The predicted octanol–water partition coefficient (Wildman–Crippen LogP) is 3.94. The van der Waals surface area contributed by atoms with E-state index in [9.17, 15) is 9.90 Å². The molecule has 2 atom stereocenters. The van der Waals surface area contributed by atoms with E-state index in [-0.39, 0.29) is 11.9 Å². The van der Waals surface area contributed by atoms with Crippen LogP contribution in [0, 0.1) is 0 Å². The molecule has 0 unspecified atom stereocenters. The van der Waals surface area contributed by atoms with Gasteiger partial charge in [0.05, 0.1) is 6.04 Å². The van der Waals surface area contributed by atoms with Crippen LogP contribution in [0.2, 0.25) is 5.02 Å². The van der Waals surface area contributed by atoms with Crippen LogP contribution in [0.3, 0.4) is 0 Å². The van der Waals surface area contributed by atoms with Crippen molar-refractivity contribution in [3.05, 3.63) is 63.6 Å². The highest BCUT2D eigenvalue weighted by Gasteiger charge is 2.40. The maximum Gasteiger partial charge on any atom is 0.256 e. The van der Waals surface area contributed by atoms with Gasteiger partial charge in [-0.2, -0.15) is 0 Å². The van der Waals surface area contributed by atoms with Gasteiger partial charge in [0.2, 0.25) is 0 Å². The zero-order chi connectivity index (χ0) is 15.0. The first-order chi connectivity index (χ1) is 10.1. The lowest BCUT2D eigenvalue weighted by molar-refractivity contribution is -0.124. The molecule has 2 aromatic carbocycles. The number of carbonyl (C=O) groups excluding carboxylic acids is 1. The number of anilines is 1. The molecule has 5 heteroatoms. The summed E-state index contributed by atoms with van der Waals surface area (Å²) in [6, 6.07) is 14.7. The number of rotatable bonds is 2. The molecule has 1 aliphatic rings. The second-order valence-corrected chi connectivity index (χ2v) is 6.36. The first-order valence-electron chi connectivity index (χ1n) is 6.58. The summed E-state index contributed by atoms with van der Waals surface area (Å²) in [6.45, 7) is 0. The van der Waals surface area contributed by atoms with Crippen LogP contribution in [0.1, 0.15) is 18.0 Å². The zero-order valence-corrected chi connectivity index (χ0v) is 13.4. The van der Waals surface area contributed by atoms with E-state index in [0.717, 1.165) is 15.7 Å². The summed E-state index contributed by atoms with van der Waals surface area (Å²) in [5.41, 5.74) is 1.69. The molecule has 3 rings (SSSR count). The van der Waals surface area contributed by atoms with Crippen LogP contribution in [0.25, 0.3) is 0 Å². The Morgan fingerprint density at radius 3 is 2.57 bits per heavy atom. The van der Waals surface area contributed by atoms with Crippen LogP contribution < -0.4 is 4.90 Å². The Labute approximate surface area is 136 Å². The molecule has 0 radical (unpaired) electrons. The first-order valence-corrected chi connectivity index (χ1v) is 7.75. The molecule has 1 heterocycles. The van der Waals surface area contributed by atoms with Crippen molar-refractivity contribution < 1.29 is 9.90 Å². The number of aliphatic hydroxyl groups is 1. The van der Waals surface area contributed by atoms with Crippen LogP contribution in [-0.2, 0) is 4.79 Å². The lowest BCUT2D eigenvalue weighted by Gasteiger charge is -2.25. The molecule has 108 valence electrons. The van der Waals surface area contributed by atoms with Crippen LogP contribution in [-0.4, -0.2) is 17.1 Å². The lowest BCUT2D eigenvalue weighted by atomic mass is 10.0. The van der Waals surface area contributed by atoms with Crippen molar-refractivity contribution in [3.63, 3.8) is 0 Å². The molecule has 0 aliphatic carbocycles. The lowest BCUT2D eigenvalue weighted by Crippen LogP contribution is -2.30. The Morgan fingerprint density at radius 2 is 1.90 bits per heavy atom. The monoisotopic (exact) mass is 365 g/mol. The number of carbonyl (C=O) groups is 1. The van der Waals surface area contributed by atoms with Crippen LogP contribution in [0.5, 0.6) is 0 Å². The summed E-state index contributed by atoms with van der Waals surface area (Å²) in [5, 5.41) is 10.6. The largest absolute Gasteiger partial charge is 0.383 e. The maximum atomic E-state index is 12.3. The quantitative estimate of drug-likeness (QED) is 0.874. The Hall–Kier alpha value is -1.36. The highest BCUT2D eigenvalue weighted by Crippen LogP contribution is 2.38. The number of benzene rings is 2. The molecule has 0 saturated carbocycles. The second kappa shape index (κ2) is 5.79. The Balaban J connectivity index is 2.02. The molecule has 0 bridgehead atoms. The minimum Gasteiger partial charge on any atom is -0.383 e. The number of aliphatic hydroxyl groups excluding tert-OH is 1. The van der Waals surface area contributed by atoms with Gasteiger partial charge in [-0.1, -0.05) is 39.7 Å². The third-order valence-corrected chi connectivity index (χ3v) is 4.38. The Kier molecular flexibility index (Phi) is 4.02. The van der Waals surface area contributed by atoms with Crippen molar-refractivity contribution in [1.82, 2.24) is 0 Å². The van der Waals surface area contributed by atoms with Gasteiger partial charge in [0.25, 0.3) is 5.91 Å². The molecule has 3 nitrogen and oxygen atoms in total. The van der Waals surface area contributed by atoms with Crippen LogP contribution in [0.4, 0.5) is 5.69 Å². The van der Waals surface area contributed by atoms with Crippen molar-refractivity contribution in [3.8, 4) is 0 Å². The summed E-state index contributed by atoms with van der Waals surface area (Å²) in [5.74, 6) is -0.276. The minimum atomic E-state index is -0.974. The van der Waals surface area contributed by atoms with E-state index in [0.29, 0.717) is 11.4 Å². The smallest absolute Gasteiger partial charge is 0.256 e. The zero-order valence-electron chi connectivity index (χ0n) is 11.0. The predicted molar refractivity (Wildman–Crippen MR) is 86.4 cm³/mol. The van der Waals surface area contributed by atoms with Gasteiger partial charge >= 0.3 is 0 Å². The van der Waals surface area contributed by atoms with Crippen molar-refractivity contribution in [2.24, 2.45) is 0 Å². The van der Waals surface area contributed by atoms with Gasteiger partial charge in [0.1, 0.15) is 6.10 Å². The molecular formula is C16H13BrClNO2. The van der Waals surface area contributed by atoms with E-state index >= 15 is 0 Å². The summed E-state index contributed by atoms with van der Waals surface area (Å²) in [4.78, 5) is 13.9. The molecule has 21 heavy (non-hydrogen) atoms.